The molecule has 2 aromatic carbocycles. The van der Waals surface area contributed by atoms with E-state index in [0.29, 0.717) is 23.6 Å². The van der Waals surface area contributed by atoms with Gasteiger partial charge in [-0.05, 0) is 53.9 Å². The highest BCUT2D eigenvalue weighted by atomic mass is 79.9. The van der Waals surface area contributed by atoms with Gasteiger partial charge in [-0.3, -0.25) is 9.78 Å². The number of Topliss-reactive ketones (excluding diaryl/α,β-unsaturated/α-hetero) is 1. The fourth-order valence-electron chi connectivity index (χ4n) is 3.21. The van der Waals surface area contributed by atoms with Crippen molar-refractivity contribution in [2.24, 2.45) is 0 Å². The molecule has 0 saturated heterocycles. The smallest absolute Gasteiger partial charge is 0.433 e. The lowest BCUT2D eigenvalue weighted by atomic mass is 10.0. The fraction of sp³-hybridized carbons (Fsp3) is 0.167. The Morgan fingerprint density at radius 3 is 2.39 bits per heavy atom. The van der Waals surface area contributed by atoms with Crippen LogP contribution in [0.1, 0.15) is 23.2 Å². The highest BCUT2D eigenvalue weighted by Gasteiger charge is 2.31. The largest absolute Gasteiger partial charge is 0.438 e. The molecular formula is C24H17BrF3N3O2. The van der Waals surface area contributed by atoms with E-state index in [2.05, 4.69) is 30.9 Å². The van der Waals surface area contributed by atoms with Crippen molar-refractivity contribution in [2.45, 2.75) is 25.4 Å². The average Bonchev–Trinajstić information content (AvgIpc) is 2.79. The third-order valence-corrected chi connectivity index (χ3v) is 5.40. The Kier molecular flexibility index (Phi) is 6.69. The van der Waals surface area contributed by atoms with Crippen LogP contribution >= 0.6 is 15.9 Å². The van der Waals surface area contributed by atoms with Gasteiger partial charge in [0, 0.05) is 23.5 Å². The molecular weight excluding hydrogens is 499 g/mol. The molecule has 0 saturated carbocycles. The van der Waals surface area contributed by atoms with E-state index in [-0.39, 0.29) is 18.6 Å². The molecule has 0 bridgehead atoms. The Morgan fingerprint density at radius 1 is 0.939 bits per heavy atom. The Balaban J connectivity index is 1.34. The first-order valence-electron chi connectivity index (χ1n) is 9.99. The summed E-state index contributed by atoms with van der Waals surface area (Å²) in [4.78, 5) is 24.2. The summed E-state index contributed by atoms with van der Waals surface area (Å²) in [7, 11) is 0. The molecule has 2 aromatic heterocycles. The van der Waals surface area contributed by atoms with Gasteiger partial charge in [-0.2, -0.15) is 13.2 Å². The maximum Gasteiger partial charge on any atom is 0.433 e. The van der Waals surface area contributed by atoms with Crippen LogP contribution < -0.4 is 4.74 Å². The summed E-state index contributed by atoms with van der Waals surface area (Å²) in [6.45, 7) is 0. The second-order valence-corrected chi connectivity index (χ2v) is 8.27. The predicted molar refractivity (Wildman–Crippen MR) is 120 cm³/mol. The number of alkyl halides is 3. The number of halogens is 4. The lowest BCUT2D eigenvalue weighted by Gasteiger charge is -2.09. The van der Waals surface area contributed by atoms with Crippen molar-refractivity contribution in [3.8, 4) is 11.6 Å². The molecule has 2 heterocycles. The van der Waals surface area contributed by atoms with Crippen molar-refractivity contribution in [3.63, 3.8) is 0 Å². The van der Waals surface area contributed by atoms with E-state index in [4.69, 9.17) is 4.74 Å². The van der Waals surface area contributed by atoms with Gasteiger partial charge in [-0.25, -0.2) is 9.97 Å². The zero-order valence-corrected chi connectivity index (χ0v) is 18.7. The number of rotatable bonds is 7. The zero-order valence-electron chi connectivity index (χ0n) is 17.1. The van der Waals surface area contributed by atoms with Crippen LogP contribution in [0.2, 0.25) is 0 Å². The van der Waals surface area contributed by atoms with E-state index < -0.39 is 11.9 Å². The van der Waals surface area contributed by atoms with E-state index >= 15 is 0 Å². The third kappa shape index (κ3) is 5.92. The maximum absolute atomic E-state index is 12.6. The molecule has 5 nitrogen and oxygen atoms in total. The first-order valence-corrected chi connectivity index (χ1v) is 10.8. The molecule has 4 aromatic rings. The molecule has 0 aliphatic carbocycles. The summed E-state index contributed by atoms with van der Waals surface area (Å²) in [5.41, 5.74) is 1.21. The van der Waals surface area contributed by atoms with Crippen LogP contribution in [0.25, 0.3) is 10.9 Å². The highest BCUT2D eigenvalue weighted by Crippen LogP contribution is 2.29. The molecule has 33 heavy (non-hydrogen) atoms. The Hall–Kier alpha value is -3.33. The maximum atomic E-state index is 12.6. The molecule has 9 heteroatoms. The van der Waals surface area contributed by atoms with Gasteiger partial charge in [0.05, 0.1) is 10.9 Å². The Bertz CT molecular complexity index is 1280. The zero-order chi connectivity index (χ0) is 23.4. The summed E-state index contributed by atoms with van der Waals surface area (Å²) in [6.07, 6.45) is -1.10. The standard InChI is InChI=1S/C24H17BrF3N3O2/c25-17-5-9-20-21(12-17)30-14-31-23(20)33-19-7-2-15(3-8-19)11-18(32)6-1-16-4-10-22(29-13-16)24(26,27)28/h2-5,7-10,12-14H,1,6,11H2. The second kappa shape index (κ2) is 9.66. The van der Waals surface area contributed by atoms with Crippen molar-refractivity contribution in [1.29, 1.82) is 0 Å². The van der Waals surface area contributed by atoms with Crippen LogP contribution in [0, 0.1) is 0 Å². The predicted octanol–water partition coefficient (Wildman–Crippen LogP) is 6.34. The van der Waals surface area contributed by atoms with Crippen LogP contribution in [-0.4, -0.2) is 20.7 Å². The summed E-state index contributed by atoms with van der Waals surface area (Å²) in [6, 6.07) is 15.0. The quantitative estimate of drug-likeness (QED) is 0.287. The number of carbonyl (C=O) groups is 1. The topological polar surface area (TPSA) is 65.0 Å². The Morgan fingerprint density at radius 2 is 1.70 bits per heavy atom. The molecule has 168 valence electrons. The number of aryl methyl sites for hydroxylation is 1. The van der Waals surface area contributed by atoms with Crippen LogP contribution in [0.5, 0.6) is 11.6 Å². The fourth-order valence-corrected chi connectivity index (χ4v) is 3.56. The molecule has 0 spiro atoms. The van der Waals surface area contributed by atoms with Gasteiger partial charge in [-0.15, -0.1) is 0 Å². The summed E-state index contributed by atoms with van der Waals surface area (Å²) < 4.78 is 44.5. The molecule has 0 N–H and O–H groups in total. The summed E-state index contributed by atoms with van der Waals surface area (Å²) >= 11 is 3.41. The van der Waals surface area contributed by atoms with Gasteiger partial charge in [0.2, 0.25) is 5.88 Å². The first-order chi connectivity index (χ1) is 15.8. The van der Waals surface area contributed by atoms with Crippen LogP contribution in [-0.2, 0) is 23.8 Å². The van der Waals surface area contributed by atoms with Crippen molar-refractivity contribution >= 4 is 32.6 Å². The minimum Gasteiger partial charge on any atom is -0.438 e. The number of hydrogen-bond donors (Lipinski definition) is 0. The van der Waals surface area contributed by atoms with Gasteiger partial charge in [0.25, 0.3) is 0 Å². The minimum atomic E-state index is -4.47. The number of ketones is 1. The molecule has 0 amide bonds. The van der Waals surface area contributed by atoms with Gasteiger partial charge in [0.1, 0.15) is 23.6 Å². The molecule has 0 unspecified atom stereocenters. The number of ether oxygens (including phenoxy) is 1. The molecule has 0 radical (unpaired) electrons. The van der Waals surface area contributed by atoms with Gasteiger partial charge < -0.3 is 4.74 Å². The van der Waals surface area contributed by atoms with Crippen LogP contribution in [0.3, 0.4) is 0 Å². The van der Waals surface area contributed by atoms with Gasteiger partial charge >= 0.3 is 6.18 Å². The number of benzene rings is 2. The second-order valence-electron chi connectivity index (χ2n) is 7.35. The van der Waals surface area contributed by atoms with E-state index in [1.165, 1.54) is 12.4 Å². The third-order valence-electron chi connectivity index (χ3n) is 4.91. The van der Waals surface area contributed by atoms with Crippen molar-refractivity contribution < 1.29 is 22.7 Å². The van der Waals surface area contributed by atoms with E-state index in [0.717, 1.165) is 33.2 Å². The molecule has 0 fully saturated rings. The lowest BCUT2D eigenvalue weighted by molar-refractivity contribution is -0.141. The molecule has 4 rings (SSSR count). The monoisotopic (exact) mass is 515 g/mol. The van der Waals surface area contributed by atoms with E-state index in [1.807, 2.05) is 18.2 Å². The van der Waals surface area contributed by atoms with Gasteiger partial charge in [-0.1, -0.05) is 34.1 Å². The van der Waals surface area contributed by atoms with Crippen molar-refractivity contribution in [1.82, 2.24) is 15.0 Å². The van der Waals surface area contributed by atoms with E-state index in [1.54, 1.807) is 24.3 Å². The number of hydrogen-bond acceptors (Lipinski definition) is 5. The normalized spacial score (nSPS) is 11.5. The number of aromatic nitrogens is 3. The minimum absolute atomic E-state index is 0.0177. The van der Waals surface area contributed by atoms with E-state index in [9.17, 15) is 18.0 Å². The summed E-state index contributed by atoms with van der Waals surface area (Å²) in [5, 5.41) is 0.776. The van der Waals surface area contributed by atoms with Gasteiger partial charge in [0.15, 0.2) is 0 Å². The first kappa shape index (κ1) is 22.8. The Labute approximate surface area is 195 Å². The molecule has 0 aliphatic heterocycles. The summed E-state index contributed by atoms with van der Waals surface area (Å²) in [5.74, 6) is 0.988. The lowest BCUT2D eigenvalue weighted by Crippen LogP contribution is -2.08. The number of carbonyl (C=O) groups excluding carboxylic acids is 1. The SMILES string of the molecule is O=C(CCc1ccc(C(F)(F)F)nc1)Cc1ccc(Oc2ncnc3cc(Br)ccc23)cc1. The number of nitrogens with zero attached hydrogens (tertiary/aromatic N) is 3. The van der Waals surface area contributed by atoms with Crippen molar-refractivity contribution in [2.75, 3.05) is 0 Å². The van der Waals surface area contributed by atoms with Crippen LogP contribution in [0.4, 0.5) is 13.2 Å². The molecule has 0 aliphatic rings. The number of fused-ring (bicyclic) bond motifs is 1. The highest BCUT2D eigenvalue weighted by molar-refractivity contribution is 9.10. The average molecular weight is 516 g/mol. The van der Waals surface area contributed by atoms with Crippen LogP contribution in [0.15, 0.2) is 71.6 Å². The number of pyridine rings is 1. The molecule has 0 atom stereocenters. The van der Waals surface area contributed by atoms with Crippen molar-refractivity contribution in [3.05, 3.63) is 88.4 Å².